The van der Waals surface area contributed by atoms with E-state index >= 15 is 0 Å². The van der Waals surface area contributed by atoms with Crippen molar-refractivity contribution in [3.63, 3.8) is 0 Å². The van der Waals surface area contributed by atoms with Crippen LogP contribution in [0.25, 0.3) is 0 Å². The van der Waals surface area contributed by atoms with Crippen LogP contribution in [0.4, 0.5) is 11.4 Å². The molecule has 1 aliphatic heterocycles. The van der Waals surface area contributed by atoms with Gasteiger partial charge in [0.05, 0.1) is 6.26 Å². The predicted octanol–water partition coefficient (Wildman–Crippen LogP) is 3.25. The molecule has 2 aromatic rings. The Morgan fingerprint density at radius 2 is 1.61 bits per heavy atom. The van der Waals surface area contributed by atoms with Crippen molar-refractivity contribution in [2.45, 2.75) is 25.3 Å². The number of piperidine rings is 1. The van der Waals surface area contributed by atoms with E-state index in [-0.39, 0.29) is 5.91 Å². The minimum atomic E-state index is -3.54. The number of nitrogens with zero attached hydrogens (tertiary/aromatic N) is 2. The Hall–Kier alpha value is -2.38. The molecule has 7 heteroatoms. The third-order valence-electron chi connectivity index (χ3n) is 5.11. The lowest BCUT2D eigenvalue weighted by Gasteiger charge is -2.29. The van der Waals surface area contributed by atoms with E-state index in [0.717, 1.165) is 29.3 Å². The quantitative estimate of drug-likeness (QED) is 0.807. The summed E-state index contributed by atoms with van der Waals surface area (Å²) >= 11 is 0. The van der Waals surface area contributed by atoms with Gasteiger partial charge in [0, 0.05) is 31.5 Å². The zero-order chi connectivity index (χ0) is 20.1. The summed E-state index contributed by atoms with van der Waals surface area (Å²) in [6, 6.07) is 15.7. The molecule has 0 unspecified atom stereocenters. The van der Waals surface area contributed by atoms with Gasteiger partial charge >= 0.3 is 0 Å². The molecule has 1 N–H and O–H groups in total. The minimum absolute atomic E-state index is 0.384. The van der Waals surface area contributed by atoms with E-state index in [4.69, 9.17) is 0 Å². The highest BCUT2D eigenvalue weighted by Gasteiger charge is 2.30. The Balaban J connectivity index is 1.78. The highest BCUT2D eigenvalue weighted by molar-refractivity contribution is 7.88. The molecule has 1 amide bonds. The van der Waals surface area contributed by atoms with Gasteiger partial charge in [0.25, 0.3) is 0 Å². The fraction of sp³-hybridized carbons (Fsp3) is 0.381. The first-order chi connectivity index (χ1) is 13.4. The largest absolute Gasteiger partial charge is 0.372 e. The first kappa shape index (κ1) is 20.4. The third-order valence-corrected chi connectivity index (χ3v) is 6.36. The van der Waals surface area contributed by atoms with Gasteiger partial charge in [-0.25, -0.2) is 8.42 Å². The summed E-state index contributed by atoms with van der Waals surface area (Å²) in [5.74, 6) is -0.384. The average Bonchev–Trinajstić information content (AvgIpc) is 2.69. The zero-order valence-electron chi connectivity index (χ0n) is 16.3. The van der Waals surface area contributed by atoms with Gasteiger partial charge in [-0.2, -0.15) is 4.31 Å². The van der Waals surface area contributed by atoms with Crippen LogP contribution in [0.2, 0.25) is 0 Å². The number of likely N-dealkylation sites (N-methyl/N-ethyl adjacent to an activating group) is 1. The maximum absolute atomic E-state index is 13.0. The van der Waals surface area contributed by atoms with Gasteiger partial charge in [-0.15, -0.1) is 0 Å². The van der Waals surface area contributed by atoms with Crippen LogP contribution >= 0.6 is 0 Å². The number of benzene rings is 2. The molecule has 1 aliphatic rings. The number of anilines is 2. The molecule has 1 atom stereocenters. The Labute approximate surface area is 167 Å². The summed E-state index contributed by atoms with van der Waals surface area (Å²) in [6.07, 6.45) is 4.78. The van der Waals surface area contributed by atoms with Crippen LogP contribution in [-0.4, -0.2) is 45.0 Å². The highest BCUT2D eigenvalue weighted by Crippen LogP contribution is 2.25. The lowest BCUT2D eigenvalue weighted by atomic mass is 10.1. The monoisotopic (exact) mass is 401 g/mol. The second-order valence-corrected chi connectivity index (χ2v) is 9.22. The van der Waals surface area contributed by atoms with Gasteiger partial charge in [0.2, 0.25) is 15.9 Å². The molecule has 3 rings (SSSR count). The van der Waals surface area contributed by atoms with E-state index in [1.165, 1.54) is 26.3 Å². The number of carbonyl (C=O) groups is 1. The van der Waals surface area contributed by atoms with Gasteiger partial charge < -0.3 is 10.2 Å². The standard InChI is InChI=1S/C21H27N3O3S/c1-23(28(2,26)27)20(17-9-5-3-6-10-17)21(25)22-18-11-13-19(14-12-18)24-15-7-4-8-16-24/h3,5-6,9-14,20H,4,7-8,15-16H2,1-2H3,(H,22,25)/t20-/m1/s1. The summed E-state index contributed by atoms with van der Waals surface area (Å²) in [5.41, 5.74) is 2.41. The molecular weight excluding hydrogens is 374 g/mol. The maximum atomic E-state index is 13.0. The van der Waals surface area contributed by atoms with Crippen molar-refractivity contribution in [3.8, 4) is 0 Å². The molecule has 150 valence electrons. The molecule has 2 aromatic carbocycles. The van der Waals surface area contributed by atoms with Gasteiger partial charge in [-0.3, -0.25) is 4.79 Å². The summed E-state index contributed by atoms with van der Waals surface area (Å²) in [6.45, 7) is 2.11. The molecule has 0 saturated carbocycles. The average molecular weight is 402 g/mol. The van der Waals surface area contributed by atoms with Crippen molar-refractivity contribution in [2.75, 3.05) is 36.6 Å². The summed E-state index contributed by atoms with van der Waals surface area (Å²) in [4.78, 5) is 15.3. The fourth-order valence-electron chi connectivity index (χ4n) is 3.47. The molecule has 1 fully saturated rings. The Morgan fingerprint density at radius 3 is 2.18 bits per heavy atom. The van der Waals surface area contributed by atoms with Crippen LogP contribution in [0.3, 0.4) is 0 Å². The molecule has 0 aromatic heterocycles. The second kappa shape index (κ2) is 8.75. The normalized spacial score (nSPS) is 16.0. The van der Waals surface area contributed by atoms with Crippen molar-refractivity contribution in [1.82, 2.24) is 4.31 Å². The van der Waals surface area contributed by atoms with Gasteiger partial charge in [-0.1, -0.05) is 30.3 Å². The Kier molecular flexibility index (Phi) is 6.36. The van der Waals surface area contributed by atoms with Crippen molar-refractivity contribution in [1.29, 1.82) is 0 Å². The molecule has 0 radical (unpaired) electrons. The van der Waals surface area contributed by atoms with Crippen LogP contribution < -0.4 is 10.2 Å². The number of nitrogens with one attached hydrogen (secondary N) is 1. The van der Waals surface area contributed by atoms with E-state index in [1.54, 1.807) is 24.3 Å². The Bertz CT molecular complexity index is 892. The van der Waals surface area contributed by atoms with Crippen LogP contribution in [0.15, 0.2) is 54.6 Å². The molecular formula is C21H27N3O3S. The van der Waals surface area contributed by atoms with Gasteiger partial charge in [0.15, 0.2) is 0 Å². The second-order valence-electron chi connectivity index (χ2n) is 7.18. The molecule has 0 aliphatic carbocycles. The van der Waals surface area contributed by atoms with E-state index in [2.05, 4.69) is 10.2 Å². The number of carbonyl (C=O) groups excluding carboxylic acids is 1. The number of sulfonamides is 1. The van der Waals surface area contributed by atoms with Crippen molar-refractivity contribution < 1.29 is 13.2 Å². The van der Waals surface area contributed by atoms with E-state index in [0.29, 0.717) is 11.3 Å². The van der Waals surface area contributed by atoms with E-state index in [9.17, 15) is 13.2 Å². The van der Waals surface area contributed by atoms with Crippen LogP contribution in [0, 0.1) is 0 Å². The van der Waals surface area contributed by atoms with Crippen molar-refractivity contribution in [3.05, 3.63) is 60.2 Å². The molecule has 0 spiro atoms. The summed E-state index contributed by atoms with van der Waals surface area (Å²) in [5, 5.41) is 2.86. The maximum Gasteiger partial charge on any atom is 0.247 e. The smallest absolute Gasteiger partial charge is 0.247 e. The van der Waals surface area contributed by atoms with Crippen molar-refractivity contribution >= 4 is 27.3 Å². The van der Waals surface area contributed by atoms with Crippen LogP contribution in [0.5, 0.6) is 0 Å². The molecule has 6 nitrogen and oxygen atoms in total. The molecule has 0 bridgehead atoms. The van der Waals surface area contributed by atoms with Crippen LogP contribution in [-0.2, 0) is 14.8 Å². The van der Waals surface area contributed by atoms with E-state index < -0.39 is 16.1 Å². The lowest BCUT2D eigenvalue weighted by molar-refractivity contribution is -0.119. The third kappa shape index (κ3) is 4.91. The predicted molar refractivity (Wildman–Crippen MR) is 113 cm³/mol. The molecule has 1 heterocycles. The SMILES string of the molecule is CN([C@@H](C(=O)Nc1ccc(N2CCCCC2)cc1)c1ccccc1)S(C)(=O)=O. The summed E-state index contributed by atoms with van der Waals surface area (Å²) < 4.78 is 25.2. The summed E-state index contributed by atoms with van der Waals surface area (Å²) in [7, 11) is -2.12. The first-order valence-corrected chi connectivity index (χ1v) is 11.3. The van der Waals surface area contributed by atoms with E-state index in [1.807, 2.05) is 30.3 Å². The number of rotatable bonds is 6. The lowest BCUT2D eigenvalue weighted by Crippen LogP contribution is -2.38. The molecule has 1 saturated heterocycles. The highest BCUT2D eigenvalue weighted by atomic mass is 32.2. The Morgan fingerprint density at radius 1 is 1.00 bits per heavy atom. The van der Waals surface area contributed by atoms with Crippen LogP contribution in [0.1, 0.15) is 30.9 Å². The van der Waals surface area contributed by atoms with Gasteiger partial charge in [0.1, 0.15) is 6.04 Å². The number of hydrogen-bond donors (Lipinski definition) is 1. The van der Waals surface area contributed by atoms with Gasteiger partial charge in [-0.05, 0) is 49.1 Å². The minimum Gasteiger partial charge on any atom is -0.372 e. The first-order valence-electron chi connectivity index (χ1n) is 9.50. The van der Waals surface area contributed by atoms with Crippen molar-refractivity contribution in [2.24, 2.45) is 0 Å². The fourth-order valence-corrected chi connectivity index (χ4v) is 4.07. The zero-order valence-corrected chi connectivity index (χ0v) is 17.2. The molecule has 28 heavy (non-hydrogen) atoms. The number of hydrogen-bond acceptors (Lipinski definition) is 4. The number of amides is 1. The topological polar surface area (TPSA) is 69.7 Å².